The number of anilines is 2. The molecule has 0 saturated carbocycles. The summed E-state index contributed by atoms with van der Waals surface area (Å²) in [7, 11) is 0. The van der Waals surface area contributed by atoms with Crippen LogP contribution in [0.25, 0.3) is 11.3 Å². The number of hydrogen-bond donors (Lipinski definition) is 4. The van der Waals surface area contributed by atoms with Crippen molar-refractivity contribution in [3.63, 3.8) is 0 Å². The van der Waals surface area contributed by atoms with Crippen LogP contribution in [0.3, 0.4) is 0 Å². The van der Waals surface area contributed by atoms with E-state index in [1.807, 2.05) is 18.7 Å². The number of morpholine rings is 1. The largest absolute Gasteiger partial charge is 0.573 e. The van der Waals surface area contributed by atoms with Crippen molar-refractivity contribution in [1.82, 2.24) is 4.98 Å². The second kappa shape index (κ2) is 11.6. The average Bonchev–Trinajstić information content (AvgIpc) is 2.81. The van der Waals surface area contributed by atoms with E-state index >= 15 is 0 Å². The van der Waals surface area contributed by atoms with Crippen LogP contribution in [0.5, 0.6) is 11.5 Å². The number of aliphatic hydroxyl groups is 1. The molecule has 1 atom stereocenters. The second-order valence-corrected chi connectivity index (χ2v) is 8.27. The maximum absolute atomic E-state index is 13.0. The number of hydrogen-bond acceptors (Lipinski definition) is 9. The molecule has 1 unspecified atom stereocenters. The third kappa shape index (κ3) is 7.44. The molecule has 1 aromatic heterocycles. The topological polar surface area (TPSA) is 126 Å². The van der Waals surface area contributed by atoms with E-state index in [9.17, 15) is 18.3 Å². The lowest BCUT2D eigenvalue weighted by atomic mass is 10.1. The van der Waals surface area contributed by atoms with Gasteiger partial charge in [-0.2, -0.15) is 0 Å². The van der Waals surface area contributed by atoms with E-state index in [0.29, 0.717) is 54.6 Å². The Morgan fingerprint density at radius 3 is 2.51 bits per heavy atom. The van der Waals surface area contributed by atoms with Gasteiger partial charge in [0.2, 0.25) is 0 Å². The molecule has 35 heavy (non-hydrogen) atoms. The molecule has 0 amide bonds. The summed E-state index contributed by atoms with van der Waals surface area (Å²) in [6.45, 7) is 5.78. The summed E-state index contributed by atoms with van der Waals surface area (Å²) >= 11 is 0. The van der Waals surface area contributed by atoms with Crippen molar-refractivity contribution in [2.24, 2.45) is 5.73 Å². The Morgan fingerprint density at radius 1 is 1.23 bits per heavy atom. The molecule has 2 aromatic rings. The van der Waals surface area contributed by atoms with Crippen molar-refractivity contribution in [3.05, 3.63) is 29.8 Å². The molecule has 3 rings (SSSR count). The van der Waals surface area contributed by atoms with Crippen molar-refractivity contribution in [2.75, 3.05) is 49.7 Å². The number of nitrogens with one attached hydrogen (secondary N) is 2. The molecule has 1 aliphatic heterocycles. The molecular weight excluding hydrogens is 467 g/mol. The van der Waals surface area contributed by atoms with Crippen LogP contribution in [0.1, 0.15) is 19.4 Å². The summed E-state index contributed by atoms with van der Waals surface area (Å²) in [6, 6.07) is 5.53. The van der Waals surface area contributed by atoms with Gasteiger partial charge in [0, 0.05) is 43.5 Å². The van der Waals surface area contributed by atoms with Crippen molar-refractivity contribution in [1.29, 1.82) is 5.41 Å². The zero-order chi connectivity index (χ0) is 25.6. The highest BCUT2D eigenvalue weighted by molar-refractivity contribution is 5.94. The molecule has 1 saturated heterocycles. The number of nitrogens with two attached hydrogens (primary N) is 1. The Bertz CT molecular complexity index is 1010. The van der Waals surface area contributed by atoms with Crippen molar-refractivity contribution in [3.8, 4) is 22.8 Å². The Hall–Kier alpha value is -3.09. The number of aromatic nitrogens is 1. The molecule has 0 radical (unpaired) electrons. The fourth-order valence-corrected chi connectivity index (χ4v) is 3.54. The first kappa shape index (κ1) is 26.5. The number of benzene rings is 1. The van der Waals surface area contributed by atoms with E-state index in [0.717, 1.165) is 6.07 Å². The summed E-state index contributed by atoms with van der Waals surface area (Å²) in [5.74, 6) is -0.00733. The first-order valence-electron chi connectivity index (χ1n) is 11.2. The third-order valence-corrected chi connectivity index (χ3v) is 5.08. The molecule has 0 aliphatic carbocycles. The Morgan fingerprint density at radius 2 is 1.91 bits per heavy atom. The highest BCUT2D eigenvalue weighted by atomic mass is 19.4. The molecule has 2 heterocycles. The van der Waals surface area contributed by atoms with Gasteiger partial charge in [0.25, 0.3) is 0 Å². The zero-order valence-corrected chi connectivity index (χ0v) is 19.6. The van der Waals surface area contributed by atoms with Crippen LogP contribution >= 0.6 is 0 Å². The Balaban J connectivity index is 2.12. The minimum Gasteiger partial charge on any atom is -0.491 e. The van der Waals surface area contributed by atoms with E-state index in [-0.39, 0.29) is 24.9 Å². The van der Waals surface area contributed by atoms with Gasteiger partial charge in [-0.15, -0.1) is 13.2 Å². The number of ether oxygens (including phenoxy) is 3. The molecule has 192 valence electrons. The maximum Gasteiger partial charge on any atom is 0.573 e. The number of pyridine rings is 1. The van der Waals surface area contributed by atoms with Gasteiger partial charge in [0.15, 0.2) is 0 Å². The summed E-state index contributed by atoms with van der Waals surface area (Å²) in [4.78, 5) is 6.66. The van der Waals surface area contributed by atoms with Gasteiger partial charge in [0.1, 0.15) is 30.0 Å². The molecule has 0 spiro atoms. The van der Waals surface area contributed by atoms with E-state index in [1.165, 1.54) is 18.3 Å². The quantitative estimate of drug-likeness (QED) is 0.369. The summed E-state index contributed by atoms with van der Waals surface area (Å²) in [5, 5.41) is 20.9. The molecule has 1 aromatic carbocycles. The number of alkyl halides is 3. The number of rotatable bonds is 10. The predicted molar refractivity (Wildman–Crippen MR) is 127 cm³/mol. The number of nitrogens with zero attached hydrogens (tertiary/aromatic N) is 2. The standard InChI is InChI=1S/C23H30F3N5O4/c1-14(2)29-22-19(12-28)21(31-3-5-33-6-4-31)10-20(30-22)15-7-17(34-13-16(32)11-27)9-18(8-15)35-23(24,25)26/h7-10,12,14,16,28,32H,3-6,11,13,27H2,1-2H3,(H,29,30). The van der Waals surface area contributed by atoms with Crippen LogP contribution in [-0.4, -0.2) is 74.3 Å². The van der Waals surface area contributed by atoms with Crippen molar-refractivity contribution >= 4 is 17.7 Å². The lowest BCUT2D eigenvalue weighted by Crippen LogP contribution is -2.37. The van der Waals surface area contributed by atoms with Gasteiger partial charge in [-0.1, -0.05) is 0 Å². The van der Waals surface area contributed by atoms with E-state index in [1.54, 1.807) is 6.07 Å². The molecule has 9 nitrogen and oxygen atoms in total. The van der Waals surface area contributed by atoms with E-state index < -0.39 is 18.2 Å². The SMILES string of the molecule is CC(C)Nc1nc(-c2cc(OCC(O)CN)cc(OC(F)(F)F)c2)cc(N2CCOCC2)c1C=N. The van der Waals surface area contributed by atoms with Gasteiger partial charge in [0.05, 0.1) is 30.2 Å². The normalized spacial score (nSPS) is 15.1. The van der Waals surface area contributed by atoms with Gasteiger partial charge in [-0.3, -0.25) is 0 Å². The van der Waals surface area contributed by atoms with Gasteiger partial charge < -0.3 is 40.7 Å². The van der Waals surface area contributed by atoms with Gasteiger partial charge in [-0.25, -0.2) is 4.98 Å². The predicted octanol–water partition coefficient (Wildman–Crippen LogP) is 3.00. The average molecular weight is 498 g/mol. The van der Waals surface area contributed by atoms with Crippen LogP contribution in [-0.2, 0) is 4.74 Å². The summed E-state index contributed by atoms with van der Waals surface area (Å²) in [6.07, 6.45) is -4.68. The molecule has 5 N–H and O–H groups in total. The molecule has 1 aliphatic rings. The minimum atomic E-state index is -4.91. The van der Waals surface area contributed by atoms with Crippen LogP contribution in [0, 0.1) is 5.41 Å². The first-order valence-corrected chi connectivity index (χ1v) is 11.2. The monoisotopic (exact) mass is 497 g/mol. The Kier molecular flexibility index (Phi) is 8.76. The molecular formula is C23H30F3N5O4. The Labute approximate surface area is 201 Å². The van der Waals surface area contributed by atoms with E-state index in [4.69, 9.17) is 20.6 Å². The fourth-order valence-electron chi connectivity index (χ4n) is 3.54. The lowest BCUT2D eigenvalue weighted by Gasteiger charge is -2.31. The number of aliphatic hydroxyl groups excluding tert-OH is 1. The second-order valence-electron chi connectivity index (χ2n) is 8.27. The molecule has 0 bridgehead atoms. The van der Waals surface area contributed by atoms with E-state index in [2.05, 4.69) is 15.0 Å². The van der Waals surface area contributed by atoms with Gasteiger partial charge in [-0.05, 0) is 32.0 Å². The minimum absolute atomic E-state index is 0.00877. The smallest absolute Gasteiger partial charge is 0.491 e. The third-order valence-electron chi connectivity index (χ3n) is 5.08. The summed E-state index contributed by atoms with van der Waals surface area (Å²) in [5.41, 5.74) is 7.33. The van der Waals surface area contributed by atoms with Crippen molar-refractivity contribution < 1.29 is 32.5 Å². The highest BCUT2D eigenvalue weighted by Gasteiger charge is 2.31. The molecule has 1 fully saturated rings. The van der Waals surface area contributed by atoms with Crippen LogP contribution in [0.4, 0.5) is 24.7 Å². The molecule has 12 heteroatoms. The van der Waals surface area contributed by atoms with Crippen molar-refractivity contribution in [2.45, 2.75) is 32.4 Å². The lowest BCUT2D eigenvalue weighted by molar-refractivity contribution is -0.274. The number of halogens is 3. The van der Waals surface area contributed by atoms with Crippen LogP contribution in [0.15, 0.2) is 24.3 Å². The maximum atomic E-state index is 13.0. The fraction of sp³-hybridized carbons (Fsp3) is 0.478. The summed E-state index contributed by atoms with van der Waals surface area (Å²) < 4.78 is 54.1. The van der Waals surface area contributed by atoms with Crippen LogP contribution < -0.4 is 25.4 Å². The zero-order valence-electron chi connectivity index (χ0n) is 19.6. The van der Waals surface area contributed by atoms with Gasteiger partial charge >= 0.3 is 6.36 Å². The first-order chi connectivity index (χ1) is 16.6. The highest BCUT2D eigenvalue weighted by Crippen LogP contribution is 2.36. The van der Waals surface area contributed by atoms with Crippen LogP contribution in [0.2, 0.25) is 0 Å².